The number of anilines is 1. The van der Waals surface area contributed by atoms with Gasteiger partial charge < -0.3 is 14.4 Å². The van der Waals surface area contributed by atoms with Crippen LogP contribution in [-0.2, 0) is 16.3 Å². The zero-order valence-electron chi connectivity index (χ0n) is 12.8. The van der Waals surface area contributed by atoms with Crippen LogP contribution >= 0.6 is 15.9 Å². The smallest absolute Gasteiger partial charge is 0.363 e. The monoisotopic (exact) mass is 408 g/mol. The Kier molecular flexibility index (Phi) is 3.29. The van der Waals surface area contributed by atoms with E-state index in [0.29, 0.717) is 4.47 Å². The van der Waals surface area contributed by atoms with Gasteiger partial charge in [0.15, 0.2) is 5.58 Å². The third kappa shape index (κ3) is 2.01. The standard InChI is InChI=1S/C17H11BrF2N2O3/c1-22-12-8-9(18)6-7-10(12)16(24,15(22)23)17(19,20)14-21-11-4-2-3-5-13(11)25-14/h2-8,24H,1H3. The Labute approximate surface area is 149 Å². The molecule has 8 heteroatoms. The van der Waals surface area contributed by atoms with E-state index in [0.717, 1.165) is 4.90 Å². The van der Waals surface area contributed by atoms with Crippen LogP contribution < -0.4 is 4.90 Å². The van der Waals surface area contributed by atoms with E-state index in [1.165, 1.54) is 37.4 Å². The first-order valence-electron chi connectivity index (χ1n) is 7.31. The third-order valence-electron chi connectivity index (χ3n) is 4.34. The van der Waals surface area contributed by atoms with E-state index < -0.39 is 23.3 Å². The zero-order valence-corrected chi connectivity index (χ0v) is 14.4. The highest BCUT2D eigenvalue weighted by atomic mass is 79.9. The predicted molar refractivity (Wildman–Crippen MR) is 89.4 cm³/mol. The van der Waals surface area contributed by atoms with Gasteiger partial charge in [0, 0.05) is 17.1 Å². The van der Waals surface area contributed by atoms with Crippen molar-refractivity contribution in [1.29, 1.82) is 0 Å². The van der Waals surface area contributed by atoms with E-state index in [1.807, 2.05) is 0 Å². The van der Waals surface area contributed by atoms with Crippen molar-refractivity contribution < 1.29 is 23.1 Å². The Morgan fingerprint density at radius 1 is 1.28 bits per heavy atom. The SMILES string of the molecule is CN1C(=O)C(O)(C(F)(F)c2nc3ccccc3o2)c2ccc(Br)cc21. The van der Waals surface area contributed by atoms with Gasteiger partial charge in [-0.05, 0) is 24.3 Å². The first-order chi connectivity index (χ1) is 11.8. The molecular formula is C17H11BrF2N2O3. The number of halogens is 3. The van der Waals surface area contributed by atoms with Gasteiger partial charge in [0.25, 0.3) is 11.8 Å². The molecule has 1 aliphatic heterocycles. The van der Waals surface area contributed by atoms with Crippen molar-refractivity contribution in [3.8, 4) is 0 Å². The number of para-hydroxylation sites is 2. The number of amides is 1. The average Bonchev–Trinajstić information content (AvgIpc) is 3.11. The van der Waals surface area contributed by atoms with Crippen LogP contribution in [0.15, 0.2) is 51.4 Å². The number of hydrogen-bond acceptors (Lipinski definition) is 4. The van der Waals surface area contributed by atoms with Crippen molar-refractivity contribution >= 4 is 38.6 Å². The lowest BCUT2D eigenvalue weighted by molar-refractivity contribution is -0.204. The normalized spacial score (nSPS) is 20.4. The van der Waals surface area contributed by atoms with Crippen molar-refractivity contribution in [1.82, 2.24) is 4.98 Å². The zero-order chi connectivity index (χ0) is 18.0. The summed E-state index contributed by atoms with van der Waals surface area (Å²) in [5, 5.41) is 10.8. The molecular weight excluding hydrogens is 398 g/mol. The summed E-state index contributed by atoms with van der Waals surface area (Å²) in [6, 6.07) is 10.5. The van der Waals surface area contributed by atoms with Crippen molar-refractivity contribution in [3.63, 3.8) is 0 Å². The van der Waals surface area contributed by atoms with E-state index in [-0.39, 0.29) is 22.4 Å². The van der Waals surface area contributed by atoms with Crippen molar-refractivity contribution in [3.05, 3.63) is 58.4 Å². The number of oxazole rings is 1. The molecule has 0 saturated carbocycles. The molecule has 0 radical (unpaired) electrons. The second kappa shape index (κ2) is 5.09. The van der Waals surface area contributed by atoms with E-state index in [2.05, 4.69) is 20.9 Å². The summed E-state index contributed by atoms with van der Waals surface area (Å²) in [4.78, 5) is 17.3. The van der Waals surface area contributed by atoms with E-state index in [1.54, 1.807) is 12.1 Å². The molecule has 25 heavy (non-hydrogen) atoms. The van der Waals surface area contributed by atoms with Gasteiger partial charge >= 0.3 is 5.92 Å². The number of carbonyl (C=O) groups excluding carboxylic acids is 1. The maximum absolute atomic E-state index is 15.2. The van der Waals surface area contributed by atoms with Crippen LogP contribution in [-0.4, -0.2) is 23.0 Å². The minimum Gasteiger partial charge on any atom is -0.435 e. The molecule has 1 atom stereocenters. The summed E-state index contributed by atoms with van der Waals surface area (Å²) in [6.45, 7) is 0. The Morgan fingerprint density at radius 3 is 2.72 bits per heavy atom. The van der Waals surface area contributed by atoms with Crippen LogP contribution in [0.5, 0.6) is 0 Å². The van der Waals surface area contributed by atoms with Gasteiger partial charge in [0.1, 0.15) is 5.52 Å². The summed E-state index contributed by atoms with van der Waals surface area (Å²) < 4.78 is 36.2. The number of alkyl halides is 2. The molecule has 1 N–H and O–H groups in total. The van der Waals surface area contributed by atoms with Gasteiger partial charge in [-0.25, -0.2) is 4.98 Å². The highest BCUT2D eigenvalue weighted by Gasteiger charge is 2.68. The number of benzene rings is 2. The molecule has 2 aromatic carbocycles. The number of carbonyl (C=O) groups is 1. The lowest BCUT2D eigenvalue weighted by Crippen LogP contribution is -2.50. The number of aliphatic hydroxyl groups is 1. The van der Waals surface area contributed by atoms with Crippen molar-refractivity contribution in [2.75, 3.05) is 11.9 Å². The number of aromatic nitrogens is 1. The van der Waals surface area contributed by atoms with Crippen LogP contribution in [0.4, 0.5) is 14.5 Å². The summed E-state index contributed by atoms with van der Waals surface area (Å²) in [6.07, 6.45) is 0. The molecule has 0 aliphatic carbocycles. The molecule has 4 rings (SSSR count). The van der Waals surface area contributed by atoms with E-state index in [9.17, 15) is 9.90 Å². The summed E-state index contributed by atoms with van der Waals surface area (Å²) in [7, 11) is 1.33. The number of rotatable bonds is 2. The van der Waals surface area contributed by atoms with Crippen LogP contribution in [0.25, 0.3) is 11.1 Å². The molecule has 3 aromatic rings. The second-order valence-corrected chi connectivity index (χ2v) is 6.71. The van der Waals surface area contributed by atoms with Gasteiger partial charge in [0.05, 0.1) is 5.69 Å². The first kappa shape index (κ1) is 16.2. The fourth-order valence-corrected chi connectivity index (χ4v) is 3.37. The minimum absolute atomic E-state index is 0.149. The van der Waals surface area contributed by atoms with Gasteiger partial charge in [-0.15, -0.1) is 0 Å². The summed E-state index contributed by atoms with van der Waals surface area (Å²) >= 11 is 3.23. The highest BCUT2D eigenvalue weighted by molar-refractivity contribution is 9.10. The summed E-state index contributed by atoms with van der Waals surface area (Å²) in [5.74, 6) is -6.21. The lowest BCUT2D eigenvalue weighted by Gasteiger charge is -2.28. The average molecular weight is 409 g/mol. The molecule has 1 amide bonds. The van der Waals surface area contributed by atoms with Crippen molar-refractivity contribution in [2.24, 2.45) is 0 Å². The molecule has 2 heterocycles. The third-order valence-corrected chi connectivity index (χ3v) is 4.84. The molecule has 0 spiro atoms. The number of likely N-dealkylation sites (N-methyl/N-ethyl adjacent to an activating group) is 1. The van der Waals surface area contributed by atoms with E-state index >= 15 is 8.78 Å². The van der Waals surface area contributed by atoms with Crippen molar-refractivity contribution in [2.45, 2.75) is 11.5 Å². The highest BCUT2D eigenvalue weighted by Crippen LogP contribution is 2.53. The molecule has 5 nitrogen and oxygen atoms in total. The fraction of sp³-hybridized carbons (Fsp3) is 0.176. The minimum atomic E-state index is -4.06. The van der Waals surface area contributed by atoms with Crippen LogP contribution in [0.2, 0.25) is 0 Å². The van der Waals surface area contributed by atoms with Crippen LogP contribution in [0, 0.1) is 0 Å². The first-order valence-corrected chi connectivity index (χ1v) is 8.10. The van der Waals surface area contributed by atoms with Gasteiger partial charge in [-0.1, -0.05) is 34.1 Å². The number of hydrogen-bond donors (Lipinski definition) is 1. The second-order valence-electron chi connectivity index (χ2n) is 5.80. The Hall–Kier alpha value is -2.32. The van der Waals surface area contributed by atoms with Gasteiger partial charge in [-0.2, -0.15) is 8.78 Å². The topological polar surface area (TPSA) is 66.6 Å². The molecule has 1 unspecified atom stereocenters. The Morgan fingerprint density at radius 2 is 2.00 bits per heavy atom. The molecule has 0 saturated heterocycles. The summed E-state index contributed by atoms with van der Waals surface area (Å²) in [5.41, 5.74) is -2.74. The Balaban J connectivity index is 1.94. The molecule has 0 fully saturated rings. The Bertz CT molecular complexity index is 987. The van der Waals surface area contributed by atoms with Crippen LogP contribution in [0.1, 0.15) is 11.5 Å². The van der Waals surface area contributed by atoms with Gasteiger partial charge in [-0.3, -0.25) is 4.79 Å². The lowest BCUT2D eigenvalue weighted by atomic mass is 9.88. The maximum atomic E-state index is 15.2. The molecule has 0 bridgehead atoms. The molecule has 1 aliphatic rings. The quantitative estimate of drug-likeness (QED) is 0.703. The number of nitrogens with zero attached hydrogens (tertiary/aromatic N) is 2. The predicted octanol–water partition coefficient (Wildman–Crippen LogP) is 3.55. The number of fused-ring (bicyclic) bond motifs is 2. The van der Waals surface area contributed by atoms with Gasteiger partial charge in [0.2, 0.25) is 5.60 Å². The van der Waals surface area contributed by atoms with Crippen LogP contribution in [0.3, 0.4) is 0 Å². The van der Waals surface area contributed by atoms with E-state index in [4.69, 9.17) is 4.42 Å². The fourth-order valence-electron chi connectivity index (χ4n) is 3.02. The molecule has 128 valence electrons. The maximum Gasteiger partial charge on any atom is 0.363 e. The molecule has 1 aromatic heterocycles. The largest absolute Gasteiger partial charge is 0.435 e.